The summed E-state index contributed by atoms with van der Waals surface area (Å²) < 4.78 is 0. The number of halogens is 1. The molecule has 1 aromatic heterocycles. The molecule has 0 aliphatic carbocycles. The van der Waals surface area contributed by atoms with Crippen molar-refractivity contribution in [1.29, 1.82) is 0 Å². The van der Waals surface area contributed by atoms with Crippen LogP contribution < -0.4 is 0 Å². The van der Waals surface area contributed by atoms with E-state index in [2.05, 4.69) is 16.0 Å². The molecule has 0 bridgehead atoms. The van der Waals surface area contributed by atoms with E-state index in [-0.39, 0.29) is 0 Å². The summed E-state index contributed by atoms with van der Waals surface area (Å²) in [4.78, 5) is 6.57. The SMILES string of the molecule is Cl[C@@H]1CCCN(CCc2cccnc2)C1. The fourth-order valence-electron chi connectivity index (χ4n) is 2.04. The van der Waals surface area contributed by atoms with Gasteiger partial charge in [-0.05, 0) is 37.4 Å². The maximum atomic E-state index is 6.14. The van der Waals surface area contributed by atoms with Crippen LogP contribution in [0.4, 0.5) is 0 Å². The molecule has 0 unspecified atom stereocenters. The molecular weight excluding hydrogens is 208 g/mol. The van der Waals surface area contributed by atoms with Gasteiger partial charge in [-0.25, -0.2) is 0 Å². The van der Waals surface area contributed by atoms with Gasteiger partial charge in [0.1, 0.15) is 0 Å². The van der Waals surface area contributed by atoms with Gasteiger partial charge in [-0.15, -0.1) is 11.6 Å². The molecule has 0 amide bonds. The Kier molecular flexibility index (Phi) is 3.98. The summed E-state index contributed by atoms with van der Waals surface area (Å²) in [5.41, 5.74) is 1.31. The molecule has 0 spiro atoms. The second-order valence-electron chi connectivity index (χ2n) is 4.15. The van der Waals surface area contributed by atoms with E-state index < -0.39 is 0 Å². The first-order chi connectivity index (χ1) is 7.34. The average molecular weight is 225 g/mol. The minimum absolute atomic E-state index is 0.354. The van der Waals surface area contributed by atoms with Gasteiger partial charge in [-0.1, -0.05) is 6.07 Å². The topological polar surface area (TPSA) is 16.1 Å². The molecule has 0 N–H and O–H groups in total. The van der Waals surface area contributed by atoms with E-state index >= 15 is 0 Å². The molecule has 2 heterocycles. The first kappa shape index (κ1) is 10.9. The second-order valence-corrected chi connectivity index (χ2v) is 4.77. The summed E-state index contributed by atoms with van der Waals surface area (Å²) in [6, 6.07) is 4.13. The number of aromatic nitrogens is 1. The van der Waals surface area contributed by atoms with Crippen LogP contribution >= 0.6 is 11.6 Å². The maximum absolute atomic E-state index is 6.14. The number of hydrogen-bond acceptors (Lipinski definition) is 2. The van der Waals surface area contributed by atoms with E-state index in [0.717, 1.165) is 19.5 Å². The van der Waals surface area contributed by atoms with Crippen molar-refractivity contribution in [2.24, 2.45) is 0 Å². The van der Waals surface area contributed by atoms with Gasteiger partial charge in [-0.3, -0.25) is 4.98 Å². The van der Waals surface area contributed by atoms with Crippen LogP contribution in [0, 0.1) is 0 Å². The summed E-state index contributed by atoms with van der Waals surface area (Å²) in [5, 5.41) is 0.354. The molecule has 1 aromatic rings. The van der Waals surface area contributed by atoms with Gasteiger partial charge in [0.15, 0.2) is 0 Å². The molecule has 1 saturated heterocycles. The van der Waals surface area contributed by atoms with E-state index in [9.17, 15) is 0 Å². The summed E-state index contributed by atoms with van der Waals surface area (Å²) in [7, 11) is 0. The van der Waals surface area contributed by atoms with Crippen LogP contribution in [-0.4, -0.2) is 34.9 Å². The smallest absolute Gasteiger partial charge is 0.0463 e. The molecule has 3 heteroatoms. The highest BCUT2D eigenvalue weighted by Crippen LogP contribution is 2.15. The van der Waals surface area contributed by atoms with Crippen molar-refractivity contribution < 1.29 is 0 Å². The third-order valence-electron chi connectivity index (χ3n) is 2.89. The molecule has 2 nitrogen and oxygen atoms in total. The maximum Gasteiger partial charge on any atom is 0.0463 e. The van der Waals surface area contributed by atoms with E-state index in [1.165, 1.54) is 24.9 Å². The Balaban J connectivity index is 1.78. The highest BCUT2D eigenvalue weighted by atomic mass is 35.5. The number of alkyl halides is 1. The van der Waals surface area contributed by atoms with Gasteiger partial charge in [0.25, 0.3) is 0 Å². The van der Waals surface area contributed by atoms with Crippen LogP contribution in [0.3, 0.4) is 0 Å². The van der Waals surface area contributed by atoms with Crippen LogP contribution in [0.25, 0.3) is 0 Å². The third kappa shape index (κ3) is 3.47. The minimum Gasteiger partial charge on any atom is -0.302 e. The molecule has 1 atom stereocenters. The Hall–Kier alpha value is -0.600. The average Bonchev–Trinajstić information content (AvgIpc) is 2.28. The van der Waals surface area contributed by atoms with Crippen LogP contribution in [0.2, 0.25) is 0 Å². The Labute approximate surface area is 96.3 Å². The van der Waals surface area contributed by atoms with E-state index in [0.29, 0.717) is 5.38 Å². The van der Waals surface area contributed by atoms with E-state index in [1.807, 2.05) is 18.5 Å². The molecule has 82 valence electrons. The normalized spacial score (nSPS) is 22.9. The molecule has 1 aliphatic heterocycles. The molecule has 0 saturated carbocycles. The van der Waals surface area contributed by atoms with Gasteiger partial charge >= 0.3 is 0 Å². The number of hydrogen-bond donors (Lipinski definition) is 0. The van der Waals surface area contributed by atoms with E-state index in [4.69, 9.17) is 11.6 Å². The molecule has 0 aromatic carbocycles. The van der Waals surface area contributed by atoms with E-state index in [1.54, 1.807) is 0 Å². The van der Waals surface area contributed by atoms with Crippen molar-refractivity contribution >= 4 is 11.6 Å². The summed E-state index contributed by atoms with van der Waals surface area (Å²) in [6.07, 6.45) is 7.25. The monoisotopic (exact) mass is 224 g/mol. The Morgan fingerprint density at radius 3 is 3.20 bits per heavy atom. The number of piperidine rings is 1. The first-order valence-electron chi connectivity index (χ1n) is 5.60. The molecule has 0 radical (unpaired) electrons. The lowest BCUT2D eigenvalue weighted by molar-refractivity contribution is 0.234. The van der Waals surface area contributed by atoms with Crippen LogP contribution in [0.5, 0.6) is 0 Å². The number of nitrogens with zero attached hydrogens (tertiary/aromatic N) is 2. The van der Waals surface area contributed by atoms with Crippen molar-refractivity contribution in [3.8, 4) is 0 Å². The predicted octanol–water partition coefficient (Wildman–Crippen LogP) is 2.33. The van der Waals surface area contributed by atoms with Gasteiger partial charge < -0.3 is 4.90 Å². The lowest BCUT2D eigenvalue weighted by atomic mass is 10.1. The van der Waals surface area contributed by atoms with Crippen LogP contribution in [-0.2, 0) is 6.42 Å². The van der Waals surface area contributed by atoms with Crippen molar-refractivity contribution in [2.45, 2.75) is 24.6 Å². The zero-order valence-corrected chi connectivity index (χ0v) is 9.66. The largest absolute Gasteiger partial charge is 0.302 e. The fraction of sp³-hybridized carbons (Fsp3) is 0.583. The second kappa shape index (κ2) is 5.47. The lowest BCUT2D eigenvalue weighted by Gasteiger charge is -2.29. The summed E-state index contributed by atoms with van der Waals surface area (Å²) >= 11 is 6.14. The number of pyridine rings is 1. The van der Waals surface area contributed by atoms with Crippen molar-refractivity contribution in [2.75, 3.05) is 19.6 Å². The van der Waals surface area contributed by atoms with Gasteiger partial charge in [0, 0.05) is 30.9 Å². The van der Waals surface area contributed by atoms with Crippen molar-refractivity contribution in [1.82, 2.24) is 9.88 Å². The van der Waals surface area contributed by atoms with Crippen LogP contribution in [0.15, 0.2) is 24.5 Å². The number of likely N-dealkylation sites (tertiary alicyclic amines) is 1. The number of rotatable bonds is 3. The third-order valence-corrected chi connectivity index (χ3v) is 3.24. The van der Waals surface area contributed by atoms with Gasteiger partial charge in [-0.2, -0.15) is 0 Å². The zero-order chi connectivity index (χ0) is 10.5. The Morgan fingerprint density at radius 1 is 1.53 bits per heavy atom. The molecule has 1 aliphatic rings. The minimum atomic E-state index is 0.354. The highest BCUT2D eigenvalue weighted by Gasteiger charge is 2.16. The lowest BCUT2D eigenvalue weighted by Crippen LogP contribution is -2.37. The van der Waals surface area contributed by atoms with Crippen molar-refractivity contribution in [3.05, 3.63) is 30.1 Å². The summed E-state index contributed by atoms with van der Waals surface area (Å²) in [5.74, 6) is 0. The van der Waals surface area contributed by atoms with Crippen LogP contribution in [0.1, 0.15) is 18.4 Å². The summed E-state index contributed by atoms with van der Waals surface area (Å²) in [6.45, 7) is 3.35. The van der Waals surface area contributed by atoms with Gasteiger partial charge in [0.05, 0.1) is 0 Å². The molecule has 15 heavy (non-hydrogen) atoms. The highest BCUT2D eigenvalue weighted by molar-refractivity contribution is 6.20. The Bertz CT molecular complexity index is 289. The zero-order valence-electron chi connectivity index (χ0n) is 8.90. The standard InChI is InChI=1S/C12H17ClN2/c13-12-4-2-7-15(10-12)8-5-11-3-1-6-14-9-11/h1,3,6,9,12H,2,4-5,7-8,10H2/t12-/m1/s1. The molecular formula is C12H17ClN2. The first-order valence-corrected chi connectivity index (χ1v) is 6.03. The van der Waals surface area contributed by atoms with Gasteiger partial charge in [0.2, 0.25) is 0 Å². The quantitative estimate of drug-likeness (QED) is 0.733. The predicted molar refractivity (Wildman–Crippen MR) is 63.3 cm³/mol. The fourth-order valence-corrected chi connectivity index (χ4v) is 2.38. The Morgan fingerprint density at radius 2 is 2.47 bits per heavy atom. The van der Waals surface area contributed by atoms with Crippen molar-refractivity contribution in [3.63, 3.8) is 0 Å². The molecule has 2 rings (SSSR count). The molecule has 1 fully saturated rings.